The van der Waals surface area contributed by atoms with Crippen molar-refractivity contribution in [2.75, 3.05) is 26.2 Å². The van der Waals surface area contributed by atoms with E-state index in [1.165, 1.54) is 19.8 Å². The van der Waals surface area contributed by atoms with Gasteiger partial charge in [-0.2, -0.15) is 0 Å². The lowest BCUT2D eigenvalue weighted by atomic mass is 10.3. The standard InChI is InChI=1S/C12H19N3O2/c1-9(16)12-13-7-11(14-12)8-17-10(2)15-5-3-4-6-15/h11H,2-8H2,1H3,(H,13,14). The molecule has 0 amide bonds. The number of ketones is 1. The van der Waals surface area contributed by atoms with Crippen molar-refractivity contribution in [1.82, 2.24) is 10.2 Å². The Hall–Kier alpha value is -1.52. The Morgan fingerprint density at radius 1 is 1.59 bits per heavy atom. The molecule has 1 saturated heterocycles. The van der Waals surface area contributed by atoms with Gasteiger partial charge in [-0.1, -0.05) is 0 Å². The van der Waals surface area contributed by atoms with E-state index in [9.17, 15) is 4.79 Å². The van der Waals surface area contributed by atoms with Crippen molar-refractivity contribution >= 4 is 11.6 Å². The molecule has 2 aliphatic rings. The highest BCUT2D eigenvalue weighted by atomic mass is 16.5. The summed E-state index contributed by atoms with van der Waals surface area (Å²) in [5.74, 6) is 1.18. The van der Waals surface area contributed by atoms with E-state index >= 15 is 0 Å². The largest absolute Gasteiger partial charge is 0.477 e. The predicted molar refractivity (Wildman–Crippen MR) is 65.8 cm³/mol. The van der Waals surface area contributed by atoms with E-state index < -0.39 is 0 Å². The highest BCUT2D eigenvalue weighted by molar-refractivity contribution is 6.38. The summed E-state index contributed by atoms with van der Waals surface area (Å²) < 4.78 is 5.62. The second-order valence-electron chi connectivity index (χ2n) is 4.49. The average molecular weight is 237 g/mol. The molecule has 5 nitrogen and oxygen atoms in total. The van der Waals surface area contributed by atoms with Crippen LogP contribution in [0.15, 0.2) is 17.5 Å². The second kappa shape index (κ2) is 5.21. The molecule has 1 unspecified atom stereocenters. The first-order valence-electron chi connectivity index (χ1n) is 6.05. The predicted octanol–water partition coefficient (Wildman–Crippen LogP) is 0.529. The molecular formula is C12H19N3O2. The van der Waals surface area contributed by atoms with E-state index in [1.807, 2.05) is 0 Å². The molecule has 2 rings (SSSR count). The van der Waals surface area contributed by atoms with Crippen molar-refractivity contribution in [3.05, 3.63) is 12.5 Å². The van der Waals surface area contributed by atoms with Crippen LogP contribution in [0.5, 0.6) is 0 Å². The summed E-state index contributed by atoms with van der Waals surface area (Å²) in [4.78, 5) is 17.4. The third-order valence-corrected chi connectivity index (χ3v) is 3.05. The van der Waals surface area contributed by atoms with Crippen LogP contribution in [0.2, 0.25) is 0 Å². The molecule has 0 aliphatic carbocycles. The lowest BCUT2D eigenvalue weighted by Gasteiger charge is -2.22. The van der Waals surface area contributed by atoms with Crippen molar-refractivity contribution in [2.45, 2.75) is 25.8 Å². The van der Waals surface area contributed by atoms with Gasteiger partial charge in [-0.15, -0.1) is 0 Å². The maximum Gasteiger partial charge on any atom is 0.194 e. The lowest BCUT2D eigenvalue weighted by molar-refractivity contribution is -0.111. The number of carbonyl (C=O) groups is 1. The molecule has 1 atom stereocenters. The zero-order chi connectivity index (χ0) is 12.3. The van der Waals surface area contributed by atoms with Crippen LogP contribution in [0, 0.1) is 0 Å². The van der Waals surface area contributed by atoms with Gasteiger partial charge in [-0.25, -0.2) is 0 Å². The van der Waals surface area contributed by atoms with Crippen molar-refractivity contribution in [1.29, 1.82) is 0 Å². The minimum absolute atomic E-state index is 0.0223. The maximum absolute atomic E-state index is 11.1. The maximum atomic E-state index is 11.1. The number of carbonyl (C=O) groups excluding carboxylic acids is 1. The van der Waals surface area contributed by atoms with Crippen LogP contribution in [0.25, 0.3) is 0 Å². The highest BCUT2D eigenvalue weighted by Crippen LogP contribution is 2.14. The van der Waals surface area contributed by atoms with Crippen LogP contribution >= 0.6 is 0 Å². The van der Waals surface area contributed by atoms with Crippen molar-refractivity contribution in [3.63, 3.8) is 0 Å². The Balaban J connectivity index is 1.70. The summed E-state index contributed by atoms with van der Waals surface area (Å²) in [5.41, 5.74) is 0. The van der Waals surface area contributed by atoms with E-state index in [1.54, 1.807) is 0 Å². The molecule has 0 aromatic heterocycles. The van der Waals surface area contributed by atoms with Gasteiger partial charge in [0.25, 0.3) is 0 Å². The van der Waals surface area contributed by atoms with E-state index in [0.29, 0.717) is 19.0 Å². The Morgan fingerprint density at radius 3 is 2.88 bits per heavy atom. The average Bonchev–Trinajstić information content (AvgIpc) is 2.97. The third kappa shape index (κ3) is 2.99. The molecule has 0 saturated carbocycles. The number of hydrogen-bond acceptors (Lipinski definition) is 5. The molecule has 1 fully saturated rings. The van der Waals surface area contributed by atoms with E-state index in [0.717, 1.165) is 19.0 Å². The number of amidine groups is 1. The summed E-state index contributed by atoms with van der Waals surface area (Å²) in [5, 5.41) is 3.05. The van der Waals surface area contributed by atoms with Crippen LogP contribution in [0.4, 0.5) is 0 Å². The Morgan fingerprint density at radius 2 is 2.29 bits per heavy atom. The molecule has 1 N–H and O–H groups in total. The van der Waals surface area contributed by atoms with E-state index in [4.69, 9.17) is 4.74 Å². The molecule has 0 radical (unpaired) electrons. The number of ether oxygens (including phenoxy) is 1. The van der Waals surface area contributed by atoms with Gasteiger partial charge in [0.2, 0.25) is 0 Å². The molecule has 2 aliphatic heterocycles. The molecule has 0 aromatic carbocycles. The van der Waals surface area contributed by atoms with Gasteiger partial charge in [0.05, 0.1) is 12.6 Å². The van der Waals surface area contributed by atoms with Crippen LogP contribution in [0.1, 0.15) is 19.8 Å². The first kappa shape index (κ1) is 12.0. The molecule has 0 bridgehead atoms. The van der Waals surface area contributed by atoms with Gasteiger partial charge >= 0.3 is 0 Å². The first-order chi connectivity index (χ1) is 8.16. The zero-order valence-corrected chi connectivity index (χ0v) is 10.2. The monoisotopic (exact) mass is 237 g/mol. The van der Waals surface area contributed by atoms with Gasteiger partial charge in [0.15, 0.2) is 17.5 Å². The van der Waals surface area contributed by atoms with Gasteiger partial charge < -0.3 is 15.0 Å². The molecular weight excluding hydrogens is 218 g/mol. The number of nitrogens with zero attached hydrogens (tertiary/aromatic N) is 2. The number of aliphatic imine (C=N–C) groups is 1. The van der Waals surface area contributed by atoms with Gasteiger partial charge in [-0.3, -0.25) is 9.79 Å². The first-order valence-corrected chi connectivity index (χ1v) is 6.05. The topological polar surface area (TPSA) is 53.9 Å². The van der Waals surface area contributed by atoms with E-state index in [2.05, 4.69) is 21.8 Å². The van der Waals surface area contributed by atoms with Crippen molar-refractivity contribution < 1.29 is 9.53 Å². The fourth-order valence-corrected chi connectivity index (χ4v) is 2.05. The highest BCUT2D eigenvalue weighted by Gasteiger charge is 2.21. The smallest absolute Gasteiger partial charge is 0.194 e. The number of rotatable bonds is 5. The zero-order valence-electron chi connectivity index (χ0n) is 10.2. The number of Topliss-reactive ketones (excluding diaryl/α,β-unsaturated/α-hetero) is 1. The molecule has 5 heteroatoms. The number of likely N-dealkylation sites (tertiary alicyclic amines) is 1. The van der Waals surface area contributed by atoms with Crippen LogP contribution in [-0.4, -0.2) is 48.8 Å². The molecule has 0 aromatic rings. The van der Waals surface area contributed by atoms with Gasteiger partial charge in [0, 0.05) is 20.0 Å². The Kier molecular flexibility index (Phi) is 3.66. The third-order valence-electron chi connectivity index (χ3n) is 3.05. The molecule has 94 valence electrons. The number of hydrogen-bond donors (Lipinski definition) is 1. The van der Waals surface area contributed by atoms with Crippen molar-refractivity contribution in [2.24, 2.45) is 4.99 Å². The Labute approximate surface area is 102 Å². The quantitative estimate of drug-likeness (QED) is 0.709. The summed E-state index contributed by atoms with van der Waals surface area (Å²) in [6, 6.07) is 0.0910. The SMILES string of the molecule is C=C(OCC1CN=C(C(C)=O)N1)N1CCCC1. The molecule has 17 heavy (non-hydrogen) atoms. The second-order valence-corrected chi connectivity index (χ2v) is 4.49. The summed E-state index contributed by atoms with van der Waals surface area (Å²) >= 11 is 0. The molecule has 2 heterocycles. The van der Waals surface area contributed by atoms with E-state index in [-0.39, 0.29) is 11.8 Å². The normalized spacial score (nSPS) is 23.2. The number of nitrogens with one attached hydrogen (secondary N) is 1. The fraction of sp³-hybridized carbons (Fsp3) is 0.667. The fourth-order valence-electron chi connectivity index (χ4n) is 2.05. The Bertz CT molecular complexity index is 346. The van der Waals surface area contributed by atoms with Crippen LogP contribution in [0.3, 0.4) is 0 Å². The van der Waals surface area contributed by atoms with Crippen molar-refractivity contribution in [3.8, 4) is 0 Å². The van der Waals surface area contributed by atoms with Gasteiger partial charge in [-0.05, 0) is 19.4 Å². The lowest BCUT2D eigenvalue weighted by Crippen LogP contribution is -2.37. The summed E-state index contributed by atoms with van der Waals surface area (Å²) in [6.45, 7) is 8.61. The minimum Gasteiger partial charge on any atom is -0.477 e. The summed E-state index contributed by atoms with van der Waals surface area (Å²) in [7, 11) is 0. The van der Waals surface area contributed by atoms with Crippen LogP contribution in [-0.2, 0) is 9.53 Å². The van der Waals surface area contributed by atoms with Crippen LogP contribution < -0.4 is 5.32 Å². The minimum atomic E-state index is -0.0223. The van der Waals surface area contributed by atoms with Gasteiger partial charge in [0.1, 0.15) is 6.61 Å². The summed E-state index contributed by atoms with van der Waals surface area (Å²) in [6.07, 6.45) is 2.42. The molecule has 0 spiro atoms.